The summed E-state index contributed by atoms with van der Waals surface area (Å²) < 4.78 is 26.4. The lowest BCUT2D eigenvalue weighted by Crippen LogP contribution is -2.25. The molecular formula is C11H19N3O2S. The Morgan fingerprint density at radius 2 is 2.24 bits per heavy atom. The second kappa shape index (κ2) is 5.20. The number of hydrogen-bond acceptors (Lipinski definition) is 3. The molecule has 1 saturated carbocycles. The van der Waals surface area contributed by atoms with Gasteiger partial charge in [-0.25, -0.2) is 13.1 Å². The fourth-order valence-corrected chi connectivity index (χ4v) is 2.70. The molecule has 0 radical (unpaired) electrons. The molecule has 0 aliphatic heterocycles. The van der Waals surface area contributed by atoms with Crippen LogP contribution in [-0.2, 0) is 16.6 Å². The third-order valence-electron chi connectivity index (χ3n) is 2.85. The first-order valence-corrected chi connectivity index (χ1v) is 7.48. The van der Waals surface area contributed by atoms with E-state index >= 15 is 0 Å². The second-order valence-corrected chi connectivity index (χ2v) is 6.20. The smallest absolute Gasteiger partial charge is 0.242 e. The Kier molecular flexibility index (Phi) is 3.86. The van der Waals surface area contributed by atoms with Gasteiger partial charge in [0.15, 0.2) is 0 Å². The van der Waals surface area contributed by atoms with Gasteiger partial charge in [-0.2, -0.15) is 0 Å². The highest BCUT2D eigenvalue weighted by atomic mass is 32.2. The molecule has 0 aromatic carbocycles. The van der Waals surface area contributed by atoms with E-state index in [9.17, 15) is 8.42 Å². The van der Waals surface area contributed by atoms with Gasteiger partial charge in [-0.1, -0.05) is 6.92 Å². The lowest BCUT2D eigenvalue weighted by atomic mass is 10.4. The summed E-state index contributed by atoms with van der Waals surface area (Å²) >= 11 is 0. The second-order valence-electron chi connectivity index (χ2n) is 4.44. The van der Waals surface area contributed by atoms with E-state index in [0.717, 1.165) is 25.1 Å². The summed E-state index contributed by atoms with van der Waals surface area (Å²) in [5.41, 5.74) is 0.888. The molecule has 1 aliphatic carbocycles. The van der Waals surface area contributed by atoms with Gasteiger partial charge in [-0.05, 0) is 31.4 Å². The predicted octanol–water partition coefficient (Wildman–Crippen LogP) is 0.812. The number of hydrogen-bond donors (Lipinski definition) is 3. The van der Waals surface area contributed by atoms with Crippen LogP contribution in [0.3, 0.4) is 0 Å². The Morgan fingerprint density at radius 1 is 1.47 bits per heavy atom. The topological polar surface area (TPSA) is 74.0 Å². The van der Waals surface area contributed by atoms with Crippen molar-refractivity contribution >= 4 is 10.0 Å². The van der Waals surface area contributed by atoms with Gasteiger partial charge in [0, 0.05) is 25.0 Å². The average Bonchev–Trinajstić information content (AvgIpc) is 3.01. The zero-order valence-corrected chi connectivity index (χ0v) is 10.8. The van der Waals surface area contributed by atoms with Gasteiger partial charge < -0.3 is 10.3 Å². The Bertz CT molecular complexity index is 463. The van der Waals surface area contributed by atoms with Crippen molar-refractivity contribution in [3.8, 4) is 0 Å². The Morgan fingerprint density at radius 3 is 2.88 bits per heavy atom. The molecule has 1 heterocycles. The van der Waals surface area contributed by atoms with Crippen molar-refractivity contribution in [2.45, 2.75) is 31.2 Å². The van der Waals surface area contributed by atoms with Gasteiger partial charge in [0.2, 0.25) is 10.0 Å². The fraction of sp³-hybridized carbons (Fsp3) is 0.636. The van der Waals surface area contributed by atoms with E-state index in [0.29, 0.717) is 23.9 Å². The maximum atomic E-state index is 11.9. The van der Waals surface area contributed by atoms with E-state index < -0.39 is 10.0 Å². The van der Waals surface area contributed by atoms with Gasteiger partial charge in [-0.3, -0.25) is 0 Å². The Balaban J connectivity index is 1.96. The van der Waals surface area contributed by atoms with Crippen molar-refractivity contribution in [2.24, 2.45) is 5.92 Å². The average molecular weight is 257 g/mol. The minimum absolute atomic E-state index is 0.325. The molecule has 0 bridgehead atoms. The van der Waals surface area contributed by atoms with E-state index in [2.05, 4.69) is 15.0 Å². The van der Waals surface area contributed by atoms with Gasteiger partial charge in [0.05, 0.1) is 4.90 Å². The summed E-state index contributed by atoms with van der Waals surface area (Å²) in [6.45, 7) is 4.10. The number of aromatic amines is 1. The van der Waals surface area contributed by atoms with Crippen molar-refractivity contribution in [1.29, 1.82) is 0 Å². The summed E-state index contributed by atoms with van der Waals surface area (Å²) in [4.78, 5) is 3.29. The monoisotopic (exact) mass is 257 g/mol. The molecule has 2 rings (SSSR count). The first-order chi connectivity index (χ1) is 8.12. The molecule has 1 aromatic rings. The van der Waals surface area contributed by atoms with E-state index in [1.54, 1.807) is 12.3 Å². The zero-order chi connectivity index (χ0) is 12.3. The number of sulfonamides is 1. The third-order valence-corrected chi connectivity index (χ3v) is 4.25. The van der Waals surface area contributed by atoms with Crippen molar-refractivity contribution in [3.63, 3.8) is 0 Å². The SMILES string of the molecule is CCNCc1cc(S(=O)(=O)NCC2CC2)c[nH]1. The van der Waals surface area contributed by atoms with Crippen LogP contribution in [-0.4, -0.2) is 26.5 Å². The van der Waals surface area contributed by atoms with Crippen LogP contribution in [0.25, 0.3) is 0 Å². The highest BCUT2D eigenvalue weighted by Gasteiger charge is 2.24. The molecule has 0 atom stereocenters. The molecule has 3 N–H and O–H groups in total. The molecule has 1 aromatic heterocycles. The lowest BCUT2D eigenvalue weighted by molar-refractivity contribution is 0.577. The van der Waals surface area contributed by atoms with Crippen LogP contribution in [0.2, 0.25) is 0 Å². The van der Waals surface area contributed by atoms with Crippen molar-refractivity contribution in [2.75, 3.05) is 13.1 Å². The fourth-order valence-electron chi connectivity index (χ4n) is 1.57. The van der Waals surface area contributed by atoms with Crippen LogP contribution >= 0.6 is 0 Å². The highest BCUT2D eigenvalue weighted by Crippen LogP contribution is 2.28. The van der Waals surface area contributed by atoms with Crippen LogP contribution < -0.4 is 10.0 Å². The Hall–Kier alpha value is -0.850. The summed E-state index contributed by atoms with van der Waals surface area (Å²) in [5.74, 6) is 0.546. The number of aromatic nitrogens is 1. The molecular weight excluding hydrogens is 238 g/mol. The van der Waals surface area contributed by atoms with E-state index in [1.807, 2.05) is 6.92 Å². The molecule has 1 aliphatic rings. The van der Waals surface area contributed by atoms with Crippen molar-refractivity contribution in [3.05, 3.63) is 18.0 Å². The van der Waals surface area contributed by atoms with Crippen LogP contribution in [0.4, 0.5) is 0 Å². The highest BCUT2D eigenvalue weighted by molar-refractivity contribution is 7.89. The molecule has 6 heteroatoms. The molecule has 96 valence electrons. The first kappa shape index (κ1) is 12.6. The molecule has 0 spiro atoms. The summed E-state index contributed by atoms with van der Waals surface area (Å²) in [7, 11) is -3.33. The largest absolute Gasteiger partial charge is 0.363 e. The number of H-pyrrole nitrogens is 1. The predicted molar refractivity (Wildman–Crippen MR) is 66.1 cm³/mol. The molecule has 0 saturated heterocycles. The minimum Gasteiger partial charge on any atom is -0.363 e. The lowest BCUT2D eigenvalue weighted by Gasteiger charge is -2.02. The molecule has 5 nitrogen and oxygen atoms in total. The normalized spacial score (nSPS) is 16.3. The van der Waals surface area contributed by atoms with Crippen LogP contribution in [0.1, 0.15) is 25.5 Å². The van der Waals surface area contributed by atoms with Gasteiger partial charge in [-0.15, -0.1) is 0 Å². The maximum Gasteiger partial charge on any atom is 0.242 e. The molecule has 0 unspecified atom stereocenters. The van der Waals surface area contributed by atoms with Crippen molar-refractivity contribution < 1.29 is 8.42 Å². The van der Waals surface area contributed by atoms with Crippen LogP contribution in [0.15, 0.2) is 17.2 Å². The summed E-state index contributed by atoms with van der Waals surface area (Å²) in [5, 5.41) is 3.14. The van der Waals surface area contributed by atoms with Crippen LogP contribution in [0, 0.1) is 5.92 Å². The van der Waals surface area contributed by atoms with Gasteiger partial charge in [0.1, 0.15) is 0 Å². The van der Waals surface area contributed by atoms with Gasteiger partial charge >= 0.3 is 0 Å². The summed E-state index contributed by atoms with van der Waals surface area (Å²) in [6, 6.07) is 1.68. The van der Waals surface area contributed by atoms with Gasteiger partial charge in [0.25, 0.3) is 0 Å². The standard InChI is InChI=1S/C11H19N3O2S/c1-2-12-7-10-5-11(8-13-10)17(15,16)14-6-9-3-4-9/h5,8-9,12-14H,2-4,6-7H2,1H3. The Labute approximate surface area is 102 Å². The maximum absolute atomic E-state index is 11.9. The van der Waals surface area contributed by atoms with Crippen molar-refractivity contribution in [1.82, 2.24) is 15.0 Å². The quantitative estimate of drug-likeness (QED) is 0.677. The van der Waals surface area contributed by atoms with E-state index in [4.69, 9.17) is 0 Å². The molecule has 0 amide bonds. The zero-order valence-electron chi connectivity index (χ0n) is 9.99. The summed E-state index contributed by atoms with van der Waals surface area (Å²) in [6.07, 6.45) is 3.82. The third kappa shape index (κ3) is 3.55. The van der Waals surface area contributed by atoms with E-state index in [1.165, 1.54) is 0 Å². The minimum atomic E-state index is -3.33. The first-order valence-electron chi connectivity index (χ1n) is 5.99. The van der Waals surface area contributed by atoms with Crippen LogP contribution in [0.5, 0.6) is 0 Å². The molecule has 17 heavy (non-hydrogen) atoms. The number of nitrogens with one attached hydrogen (secondary N) is 3. The number of rotatable bonds is 7. The van der Waals surface area contributed by atoms with E-state index in [-0.39, 0.29) is 0 Å². The molecule has 1 fully saturated rings.